The van der Waals surface area contributed by atoms with E-state index in [1.54, 1.807) is 0 Å². The molecule has 0 saturated carbocycles. The summed E-state index contributed by atoms with van der Waals surface area (Å²) in [6.07, 6.45) is 3.31. The summed E-state index contributed by atoms with van der Waals surface area (Å²) in [5.41, 5.74) is 0. The van der Waals surface area contributed by atoms with Gasteiger partial charge in [-0.15, -0.1) is 11.3 Å². The van der Waals surface area contributed by atoms with Gasteiger partial charge in [-0.3, -0.25) is 0 Å². The summed E-state index contributed by atoms with van der Waals surface area (Å²) in [4.78, 5) is 2.77. The smallest absolute Gasteiger partial charge is 0.0434 e. The highest BCUT2D eigenvalue weighted by atomic mass is 32.1. The van der Waals surface area contributed by atoms with Crippen molar-refractivity contribution in [2.24, 2.45) is 5.92 Å². The van der Waals surface area contributed by atoms with Gasteiger partial charge in [-0.25, -0.2) is 0 Å². The van der Waals surface area contributed by atoms with Gasteiger partial charge < -0.3 is 10.4 Å². The first kappa shape index (κ1) is 14.7. The fourth-order valence-electron chi connectivity index (χ4n) is 2.07. The number of hydrogen-bond acceptors (Lipinski definition) is 3. The summed E-state index contributed by atoms with van der Waals surface area (Å²) in [5.74, 6) is 0.605. The average Bonchev–Trinajstić information content (AvgIpc) is 2.73. The van der Waals surface area contributed by atoms with Gasteiger partial charge in [0.05, 0.1) is 0 Å². The van der Waals surface area contributed by atoms with E-state index in [4.69, 9.17) is 5.11 Å². The van der Waals surface area contributed by atoms with E-state index in [0.717, 1.165) is 13.0 Å². The highest BCUT2D eigenvalue weighted by Gasteiger charge is 2.11. The average molecular weight is 255 g/mol. The van der Waals surface area contributed by atoms with E-state index in [-0.39, 0.29) is 0 Å². The zero-order valence-electron chi connectivity index (χ0n) is 11.2. The van der Waals surface area contributed by atoms with Crippen LogP contribution in [0.5, 0.6) is 0 Å². The number of hydrogen-bond donors (Lipinski definition) is 2. The molecule has 0 aliphatic heterocycles. The van der Waals surface area contributed by atoms with Crippen molar-refractivity contribution in [3.63, 3.8) is 0 Å². The zero-order valence-corrected chi connectivity index (χ0v) is 12.0. The number of nitrogens with one attached hydrogen (secondary N) is 1. The number of thiophene rings is 1. The van der Waals surface area contributed by atoms with Gasteiger partial charge in [0.25, 0.3) is 0 Å². The van der Waals surface area contributed by atoms with Crippen molar-refractivity contribution in [3.05, 3.63) is 21.9 Å². The van der Waals surface area contributed by atoms with Gasteiger partial charge in [0.2, 0.25) is 0 Å². The zero-order chi connectivity index (χ0) is 12.7. The Morgan fingerprint density at radius 3 is 2.65 bits per heavy atom. The minimum atomic E-state index is 0.304. The largest absolute Gasteiger partial charge is 0.396 e. The Balaban J connectivity index is 2.37. The molecule has 1 aromatic heterocycles. The Kier molecular flexibility index (Phi) is 6.78. The Hall–Kier alpha value is -0.380. The quantitative estimate of drug-likeness (QED) is 0.745. The summed E-state index contributed by atoms with van der Waals surface area (Å²) in [5, 5.41) is 12.6. The standard InChI is InChI=1S/C14H25NOS/c1-4-5-13(8-9-16)10-15-12(3)14-7-6-11(2)17-14/h6-7,12-13,15-16H,4-5,8-10H2,1-3H3. The van der Waals surface area contributed by atoms with Crippen molar-refractivity contribution in [1.29, 1.82) is 0 Å². The van der Waals surface area contributed by atoms with Crippen LogP contribution in [0.2, 0.25) is 0 Å². The lowest BCUT2D eigenvalue weighted by molar-refractivity contribution is 0.246. The van der Waals surface area contributed by atoms with Crippen molar-refractivity contribution in [2.45, 2.75) is 46.1 Å². The second kappa shape index (κ2) is 7.85. The minimum Gasteiger partial charge on any atom is -0.396 e. The van der Waals surface area contributed by atoms with Gasteiger partial charge >= 0.3 is 0 Å². The van der Waals surface area contributed by atoms with Crippen LogP contribution < -0.4 is 5.32 Å². The van der Waals surface area contributed by atoms with Crippen LogP contribution in [0, 0.1) is 12.8 Å². The molecule has 2 N–H and O–H groups in total. The molecule has 3 heteroatoms. The molecule has 0 aliphatic rings. The molecule has 0 aliphatic carbocycles. The number of aryl methyl sites for hydroxylation is 1. The van der Waals surface area contributed by atoms with E-state index in [1.165, 1.54) is 22.6 Å². The molecule has 2 atom stereocenters. The summed E-state index contributed by atoms with van der Waals surface area (Å²) in [7, 11) is 0. The van der Waals surface area contributed by atoms with Crippen molar-refractivity contribution in [1.82, 2.24) is 5.32 Å². The topological polar surface area (TPSA) is 32.3 Å². The monoisotopic (exact) mass is 255 g/mol. The molecule has 0 bridgehead atoms. The molecule has 1 aromatic rings. The third-order valence-corrected chi connectivity index (χ3v) is 4.32. The molecule has 2 unspecified atom stereocenters. The van der Waals surface area contributed by atoms with Gasteiger partial charge in [-0.1, -0.05) is 13.3 Å². The molecule has 0 spiro atoms. The lowest BCUT2D eigenvalue weighted by atomic mass is 10.00. The third-order valence-electron chi connectivity index (χ3n) is 3.13. The number of aliphatic hydroxyl groups excluding tert-OH is 1. The Morgan fingerprint density at radius 1 is 1.35 bits per heavy atom. The fourth-order valence-corrected chi connectivity index (χ4v) is 2.97. The van der Waals surface area contributed by atoms with Gasteiger partial charge in [0, 0.05) is 22.4 Å². The van der Waals surface area contributed by atoms with Gasteiger partial charge in [-0.2, -0.15) is 0 Å². The Bertz CT molecular complexity index is 305. The van der Waals surface area contributed by atoms with Crippen molar-refractivity contribution < 1.29 is 5.11 Å². The molecule has 2 nitrogen and oxygen atoms in total. The first-order valence-electron chi connectivity index (χ1n) is 6.58. The van der Waals surface area contributed by atoms with E-state index < -0.39 is 0 Å². The molecule has 0 fully saturated rings. The number of aliphatic hydroxyl groups is 1. The summed E-state index contributed by atoms with van der Waals surface area (Å²) in [6, 6.07) is 4.81. The second-order valence-corrected chi connectivity index (χ2v) is 6.06. The first-order chi connectivity index (χ1) is 8.17. The van der Waals surface area contributed by atoms with E-state index in [9.17, 15) is 0 Å². The summed E-state index contributed by atoms with van der Waals surface area (Å²) >= 11 is 1.86. The second-order valence-electron chi connectivity index (χ2n) is 4.75. The SMILES string of the molecule is CCCC(CCO)CNC(C)c1ccc(C)s1. The van der Waals surface area contributed by atoms with Crippen molar-refractivity contribution in [3.8, 4) is 0 Å². The van der Waals surface area contributed by atoms with Crippen LogP contribution in [0.3, 0.4) is 0 Å². The third kappa shape index (κ3) is 5.19. The summed E-state index contributed by atoms with van der Waals surface area (Å²) < 4.78 is 0. The van der Waals surface area contributed by atoms with Crippen LogP contribution >= 0.6 is 11.3 Å². The Labute approximate surface area is 109 Å². The van der Waals surface area contributed by atoms with Gasteiger partial charge in [0.15, 0.2) is 0 Å². The van der Waals surface area contributed by atoms with Crippen LogP contribution in [0.4, 0.5) is 0 Å². The van der Waals surface area contributed by atoms with Gasteiger partial charge in [0.1, 0.15) is 0 Å². The van der Waals surface area contributed by atoms with E-state index in [1.807, 2.05) is 11.3 Å². The molecular weight excluding hydrogens is 230 g/mol. The molecule has 1 rings (SSSR count). The molecule has 0 radical (unpaired) electrons. The molecular formula is C14H25NOS. The molecule has 0 saturated heterocycles. The van der Waals surface area contributed by atoms with E-state index in [2.05, 4.69) is 38.2 Å². The maximum atomic E-state index is 9.02. The van der Waals surface area contributed by atoms with Crippen molar-refractivity contribution >= 4 is 11.3 Å². The first-order valence-corrected chi connectivity index (χ1v) is 7.39. The maximum absolute atomic E-state index is 9.02. The number of rotatable bonds is 8. The van der Waals surface area contributed by atoms with Crippen LogP contribution in [-0.2, 0) is 0 Å². The normalized spacial score (nSPS) is 14.8. The van der Waals surface area contributed by atoms with Crippen LogP contribution in [0.25, 0.3) is 0 Å². The predicted octanol–water partition coefficient (Wildman–Crippen LogP) is 3.51. The summed E-state index contributed by atoms with van der Waals surface area (Å²) in [6.45, 7) is 7.88. The van der Waals surface area contributed by atoms with Crippen LogP contribution in [-0.4, -0.2) is 18.3 Å². The van der Waals surface area contributed by atoms with E-state index in [0.29, 0.717) is 18.6 Å². The molecule has 98 valence electrons. The highest BCUT2D eigenvalue weighted by molar-refractivity contribution is 7.12. The lowest BCUT2D eigenvalue weighted by Gasteiger charge is -2.19. The molecule has 17 heavy (non-hydrogen) atoms. The van der Waals surface area contributed by atoms with Crippen molar-refractivity contribution in [2.75, 3.05) is 13.2 Å². The minimum absolute atomic E-state index is 0.304. The molecule has 0 aromatic carbocycles. The lowest BCUT2D eigenvalue weighted by Crippen LogP contribution is -2.26. The van der Waals surface area contributed by atoms with E-state index >= 15 is 0 Å². The fraction of sp³-hybridized carbons (Fsp3) is 0.714. The van der Waals surface area contributed by atoms with Crippen LogP contribution in [0.1, 0.15) is 48.9 Å². The van der Waals surface area contributed by atoms with Gasteiger partial charge in [-0.05, 0) is 51.3 Å². The molecule has 0 amide bonds. The predicted molar refractivity (Wildman–Crippen MR) is 75.6 cm³/mol. The van der Waals surface area contributed by atoms with Crippen LogP contribution in [0.15, 0.2) is 12.1 Å². The maximum Gasteiger partial charge on any atom is 0.0434 e. The Morgan fingerprint density at radius 2 is 2.12 bits per heavy atom. The molecule has 1 heterocycles. The highest BCUT2D eigenvalue weighted by Crippen LogP contribution is 2.22.